The largest absolute Gasteiger partial charge is 0.493 e. The summed E-state index contributed by atoms with van der Waals surface area (Å²) in [5, 5.41) is 2.63. The second-order valence-corrected chi connectivity index (χ2v) is 5.66. The van der Waals surface area contributed by atoms with Gasteiger partial charge in [-0.1, -0.05) is 12.1 Å². The Morgan fingerprint density at radius 2 is 1.78 bits per heavy atom. The molecule has 0 saturated carbocycles. The lowest BCUT2D eigenvalue weighted by molar-refractivity contribution is -0.121. The fourth-order valence-corrected chi connectivity index (χ4v) is 2.51. The first-order valence-corrected chi connectivity index (χ1v) is 8.22. The van der Waals surface area contributed by atoms with Crippen LogP contribution in [0.15, 0.2) is 36.4 Å². The number of benzene rings is 2. The Morgan fingerprint density at radius 3 is 2.41 bits per heavy atom. The first-order chi connectivity index (χ1) is 12.9. The third-order valence-corrected chi connectivity index (χ3v) is 3.84. The van der Waals surface area contributed by atoms with Crippen molar-refractivity contribution in [2.24, 2.45) is 0 Å². The first kappa shape index (κ1) is 20.5. The van der Waals surface area contributed by atoms with Crippen molar-refractivity contribution in [1.29, 1.82) is 0 Å². The summed E-state index contributed by atoms with van der Waals surface area (Å²) in [6, 6.07) is 8.10. The van der Waals surface area contributed by atoms with Gasteiger partial charge in [0.1, 0.15) is 11.6 Å². The highest BCUT2D eigenvalue weighted by atomic mass is 19.3. The minimum Gasteiger partial charge on any atom is -0.493 e. The number of hydrogen-bond acceptors (Lipinski definition) is 3. The van der Waals surface area contributed by atoms with Crippen LogP contribution in [0.2, 0.25) is 0 Å². The number of hydrogen-bond donors (Lipinski definition) is 1. The Bertz CT molecular complexity index is 763. The average molecular weight is 385 g/mol. The van der Waals surface area contributed by atoms with Gasteiger partial charge < -0.3 is 14.8 Å². The molecule has 2 aromatic carbocycles. The standard InChI is InChI=1S/C19H19F4NO3/c1-26-16-7-5-12(11-17(16)27-19(22)23)9-10-24-18(25)8-6-13-14(20)3-2-4-15(13)21/h2-5,7,11,19H,6,8-10H2,1H3,(H,24,25). The topological polar surface area (TPSA) is 47.6 Å². The Morgan fingerprint density at radius 1 is 1.07 bits per heavy atom. The van der Waals surface area contributed by atoms with E-state index in [0.717, 1.165) is 12.1 Å². The van der Waals surface area contributed by atoms with Gasteiger partial charge in [-0.15, -0.1) is 0 Å². The Kier molecular flexibility index (Phi) is 7.45. The average Bonchev–Trinajstić information content (AvgIpc) is 2.61. The van der Waals surface area contributed by atoms with Gasteiger partial charge in [0.05, 0.1) is 7.11 Å². The van der Waals surface area contributed by atoms with Gasteiger partial charge in [-0.05, 0) is 42.7 Å². The smallest absolute Gasteiger partial charge is 0.387 e. The Hall–Kier alpha value is -2.77. The maximum atomic E-state index is 13.5. The highest BCUT2D eigenvalue weighted by molar-refractivity contribution is 5.76. The maximum Gasteiger partial charge on any atom is 0.387 e. The third-order valence-electron chi connectivity index (χ3n) is 3.84. The van der Waals surface area contributed by atoms with Crippen LogP contribution in [0.3, 0.4) is 0 Å². The molecule has 1 N–H and O–H groups in total. The molecule has 0 atom stereocenters. The molecule has 2 rings (SSSR count). The molecule has 0 fully saturated rings. The zero-order chi connectivity index (χ0) is 19.8. The fourth-order valence-electron chi connectivity index (χ4n) is 2.51. The van der Waals surface area contributed by atoms with E-state index in [1.807, 2.05) is 0 Å². The van der Waals surface area contributed by atoms with Gasteiger partial charge in [-0.25, -0.2) is 8.78 Å². The molecule has 4 nitrogen and oxygen atoms in total. The summed E-state index contributed by atoms with van der Waals surface area (Å²) >= 11 is 0. The fraction of sp³-hybridized carbons (Fsp3) is 0.316. The molecule has 0 saturated heterocycles. The van der Waals surface area contributed by atoms with Crippen molar-refractivity contribution < 1.29 is 31.8 Å². The van der Waals surface area contributed by atoms with Crippen LogP contribution in [0.1, 0.15) is 17.5 Å². The van der Waals surface area contributed by atoms with Crippen LogP contribution in [0.4, 0.5) is 17.6 Å². The molecular weight excluding hydrogens is 366 g/mol. The quantitative estimate of drug-likeness (QED) is 0.667. The summed E-state index contributed by atoms with van der Waals surface area (Å²) in [5.41, 5.74) is 0.531. The Labute approximate surface area is 154 Å². The molecule has 0 spiro atoms. The van der Waals surface area contributed by atoms with Crippen molar-refractivity contribution in [2.45, 2.75) is 25.9 Å². The first-order valence-electron chi connectivity index (χ1n) is 8.22. The third kappa shape index (κ3) is 6.16. The van der Waals surface area contributed by atoms with E-state index in [1.165, 1.54) is 25.3 Å². The highest BCUT2D eigenvalue weighted by Crippen LogP contribution is 2.29. The highest BCUT2D eigenvalue weighted by Gasteiger charge is 2.12. The van der Waals surface area contributed by atoms with E-state index in [0.29, 0.717) is 12.0 Å². The van der Waals surface area contributed by atoms with Crippen molar-refractivity contribution >= 4 is 5.91 Å². The Balaban J connectivity index is 1.84. The lowest BCUT2D eigenvalue weighted by Gasteiger charge is -2.12. The molecule has 0 bridgehead atoms. The monoisotopic (exact) mass is 385 g/mol. The van der Waals surface area contributed by atoms with Gasteiger partial charge in [-0.3, -0.25) is 4.79 Å². The van der Waals surface area contributed by atoms with Crippen LogP contribution in [0, 0.1) is 11.6 Å². The predicted octanol–water partition coefficient (Wildman–Crippen LogP) is 3.87. The van der Waals surface area contributed by atoms with Crippen molar-refractivity contribution in [3.05, 3.63) is 59.2 Å². The molecule has 8 heteroatoms. The van der Waals surface area contributed by atoms with Crippen molar-refractivity contribution in [2.75, 3.05) is 13.7 Å². The van der Waals surface area contributed by atoms with Crippen molar-refractivity contribution in [3.8, 4) is 11.5 Å². The second kappa shape index (κ2) is 9.80. The molecule has 0 heterocycles. The summed E-state index contributed by atoms with van der Waals surface area (Å²) in [5.74, 6) is -1.66. The van der Waals surface area contributed by atoms with E-state index in [2.05, 4.69) is 10.1 Å². The predicted molar refractivity (Wildman–Crippen MR) is 91.0 cm³/mol. The zero-order valence-corrected chi connectivity index (χ0v) is 14.6. The number of amides is 1. The lowest BCUT2D eigenvalue weighted by atomic mass is 10.1. The van der Waals surface area contributed by atoms with Gasteiger partial charge in [0.2, 0.25) is 5.91 Å². The molecule has 2 aromatic rings. The minimum absolute atomic E-state index is 0.0563. The van der Waals surface area contributed by atoms with E-state index in [-0.39, 0.29) is 42.4 Å². The van der Waals surface area contributed by atoms with E-state index in [4.69, 9.17) is 4.74 Å². The number of carbonyl (C=O) groups is 1. The van der Waals surface area contributed by atoms with Crippen LogP contribution in [-0.4, -0.2) is 26.2 Å². The number of ether oxygens (including phenoxy) is 2. The zero-order valence-electron chi connectivity index (χ0n) is 14.6. The van der Waals surface area contributed by atoms with Gasteiger partial charge in [0.15, 0.2) is 11.5 Å². The number of methoxy groups -OCH3 is 1. The summed E-state index contributed by atoms with van der Waals surface area (Å²) < 4.78 is 61.2. The molecule has 0 aliphatic rings. The second-order valence-electron chi connectivity index (χ2n) is 5.66. The van der Waals surface area contributed by atoms with Crippen LogP contribution in [-0.2, 0) is 17.6 Å². The molecule has 0 aliphatic heterocycles. The van der Waals surface area contributed by atoms with Gasteiger partial charge >= 0.3 is 6.61 Å². The van der Waals surface area contributed by atoms with E-state index in [1.54, 1.807) is 6.07 Å². The molecule has 0 unspecified atom stereocenters. The summed E-state index contributed by atoms with van der Waals surface area (Å²) in [7, 11) is 1.34. The van der Waals surface area contributed by atoms with Crippen LogP contribution >= 0.6 is 0 Å². The van der Waals surface area contributed by atoms with Crippen LogP contribution in [0.5, 0.6) is 11.5 Å². The van der Waals surface area contributed by atoms with Gasteiger partial charge in [-0.2, -0.15) is 8.78 Å². The SMILES string of the molecule is COc1ccc(CCNC(=O)CCc2c(F)cccc2F)cc1OC(F)F. The molecule has 146 valence electrons. The molecule has 0 aliphatic carbocycles. The van der Waals surface area contributed by atoms with E-state index in [9.17, 15) is 22.4 Å². The summed E-state index contributed by atoms with van der Waals surface area (Å²) in [4.78, 5) is 11.8. The minimum atomic E-state index is -2.98. The van der Waals surface area contributed by atoms with Gasteiger partial charge in [0.25, 0.3) is 0 Å². The molecule has 0 aromatic heterocycles. The van der Waals surface area contributed by atoms with Crippen molar-refractivity contribution in [3.63, 3.8) is 0 Å². The lowest BCUT2D eigenvalue weighted by Crippen LogP contribution is -2.26. The molecule has 0 radical (unpaired) electrons. The number of alkyl halides is 2. The van der Waals surface area contributed by atoms with Gasteiger partial charge in [0, 0.05) is 18.5 Å². The molecular formula is C19H19F4NO3. The normalized spacial score (nSPS) is 10.7. The van der Waals surface area contributed by atoms with E-state index < -0.39 is 18.2 Å². The van der Waals surface area contributed by atoms with E-state index >= 15 is 0 Å². The summed E-state index contributed by atoms with van der Waals surface area (Å²) in [6.45, 7) is -2.74. The van der Waals surface area contributed by atoms with Crippen molar-refractivity contribution in [1.82, 2.24) is 5.32 Å². The van der Waals surface area contributed by atoms with Crippen LogP contribution in [0.25, 0.3) is 0 Å². The molecule has 27 heavy (non-hydrogen) atoms. The maximum absolute atomic E-state index is 13.5. The molecule has 1 amide bonds. The number of halogens is 4. The number of carbonyl (C=O) groups excluding carboxylic acids is 1. The number of nitrogens with one attached hydrogen (secondary N) is 1. The van der Waals surface area contributed by atoms with Crippen LogP contribution < -0.4 is 14.8 Å². The summed E-state index contributed by atoms with van der Waals surface area (Å²) in [6.07, 6.45) is 0.239. The number of rotatable bonds is 9.